The Kier molecular flexibility index (Phi) is 5.52. The summed E-state index contributed by atoms with van der Waals surface area (Å²) in [4.78, 5) is 13.4. The van der Waals surface area contributed by atoms with Crippen molar-refractivity contribution in [1.29, 1.82) is 0 Å². The third-order valence-corrected chi connectivity index (χ3v) is 5.21. The van der Waals surface area contributed by atoms with Gasteiger partial charge in [-0.1, -0.05) is 40.7 Å². The van der Waals surface area contributed by atoms with Crippen molar-refractivity contribution in [3.63, 3.8) is 0 Å². The SMILES string of the molecule is CCCN1CCC(C)(C)c2cc(C(C)C)cc(C(C)=C(F)C=O)c21. The van der Waals surface area contributed by atoms with Crippen LogP contribution in [0.4, 0.5) is 10.1 Å². The maximum atomic E-state index is 14.1. The lowest BCUT2D eigenvalue weighted by atomic mass is 9.74. The number of carbonyl (C=O) groups excluding carboxylic acids is 1. The highest BCUT2D eigenvalue weighted by Crippen LogP contribution is 2.45. The second-order valence-electron chi connectivity index (χ2n) is 7.83. The maximum absolute atomic E-state index is 14.1. The lowest BCUT2D eigenvalue weighted by Crippen LogP contribution is -2.38. The molecular formula is C21H30FNO. The average Bonchev–Trinajstić information content (AvgIpc) is 2.55. The van der Waals surface area contributed by atoms with Crippen LogP contribution < -0.4 is 4.90 Å². The molecule has 0 radical (unpaired) electrons. The number of rotatable bonds is 5. The smallest absolute Gasteiger partial charge is 0.178 e. The van der Waals surface area contributed by atoms with E-state index in [2.05, 4.69) is 51.7 Å². The first kappa shape index (κ1) is 18.7. The minimum Gasteiger partial charge on any atom is -0.371 e. The van der Waals surface area contributed by atoms with E-state index in [1.807, 2.05) is 0 Å². The second-order valence-corrected chi connectivity index (χ2v) is 7.83. The Hall–Kier alpha value is -1.64. The summed E-state index contributed by atoms with van der Waals surface area (Å²) in [6.45, 7) is 14.6. The van der Waals surface area contributed by atoms with Crippen molar-refractivity contribution in [2.24, 2.45) is 0 Å². The molecule has 3 heteroatoms. The van der Waals surface area contributed by atoms with Gasteiger partial charge in [-0.2, -0.15) is 0 Å². The molecule has 0 N–H and O–H groups in total. The van der Waals surface area contributed by atoms with Gasteiger partial charge in [-0.3, -0.25) is 4.79 Å². The third kappa shape index (κ3) is 3.40. The molecule has 0 aliphatic carbocycles. The van der Waals surface area contributed by atoms with Crippen molar-refractivity contribution in [1.82, 2.24) is 0 Å². The van der Waals surface area contributed by atoms with Gasteiger partial charge in [0, 0.05) is 24.3 Å². The standard InChI is InChI=1S/C21H30FNO/c1-7-9-23-10-8-21(5,6)18-12-16(14(2)3)11-17(20(18)23)15(4)19(22)13-24/h11-14H,7-10H2,1-6H3. The maximum Gasteiger partial charge on any atom is 0.178 e. The van der Waals surface area contributed by atoms with Crippen molar-refractivity contribution in [3.8, 4) is 0 Å². The number of anilines is 1. The number of aldehydes is 1. The Bertz CT molecular complexity index is 658. The van der Waals surface area contributed by atoms with Gasteiger partial charge < -0.3 is 4.90 Å². The number of nitrogens with zero attached hydrogens (tertiary/aromatic N) is 1. The molecule has 0 amide bonds. The molecule has 132 valence electrons. The Morgan fingerprint density at radius 2 is 2.04 bits per heavy atom. The van der Waals surface area contributed by atoms with Gasteiger partial charge in [0.1, 0.15) is 0 Å². The fourth-order valence-corrected chi connectivity index (χ4v) is 3.50. The summed E-state index contributed by atoms with van der Waals surface area (Å²) in [6.07, 6.45) is 2.45. The van der Waals surface area contributed by atoms with Crippen molar-refractivity contribution < 1.29 is 9.18 Å². The number of halogens is 1. The summed E-state index contributed by atoms with van der Waals surface area (Å²) in [6, 6.07) is 4.36. The van der Waals surface area contributed by atoms with Crippen LogP contribution >= 0.6 is 0 Å². The molecule has 0 spiro atoms. The minimum absolute atomic E-state index is 0.0527. The van der Waals surface area contributed by atoms with Crippen LogP contribution in [0.2, 0.25) is 0 Å². The Labute approximate surface area is 145 Å². The number of benzene rings is 1. The molecule has 0 aromatic heterocycles. The second kappa shape index (κ2) is 7.08. The van der Waals surface area contributed by atoms with Crippen LogP contribution in [-0.2, 0) is 10.2 Å². The highest BCUT2D eigenvalue weighted by Gasteiger charge is 2.34. The molecule has 0 atom stereocenters. The molecule has 2 nitrogen and oxygen atoms in total. The van der Waals surface area contributed by atoms with Crippen molar-refractivity contribution in [2.75, 3.05) is 18.0 Å². The summed E-state index contributed by atoms with van der Waals surface area (Å²) in [5, 5.41) is 0. The summed E-state index contributed by atoms with van der Waals surface area (Å²) in [5.41, 5.74) is 4.98. The predicted octanol–water partition coefficient (Wildman–Crippen LogP) is 5.61. The van der Waals surface area contributed by atoms with Crippen LogP contribution in [0.15, 0.2) is 18.0 Å². The summed E-state index contributed by atoms with van der Waals surface area (Å²) in [5.74, 6) is -0.309. The van der Waals surface area contributed by atoms with Crippen LogP contribution in [0, 0.1) is 0 Å². The molecule has 0 fully saturated rings. The fourth-order valence-electron chi connectivity index (χ4n) is 3.50. The number of fused-ring (bicyclic) bond motifs is 1. The van der Waals surface area contributed by atoms with Gasteiger partial charge >= 0.3 is 0 Å². The van der Waals surface area contributed by atoms with Gasteiger partial charge in [0.2, 0.25) is 0 Å². The molecule has 0 saturated carbocycles. The summed E-state index contributed by atoms with van der Waals surface area (Å²) >= 11 is 0. The van der Waals surface area contributed by atoms with Crippen LogP contribution in [0.3, 0.4) is 0 Å². The monoisotopic (exact) mass is 331 g/mol. The number of carbonyl (C=O) groups is 1. The topological polar surface area (TPSA) is 20.3 Å². The van der Waals surface area contributed by atoms with E-state index in [4.69, 9.17) is 0 Å². The van der Waals surface area contributed by atoms with Crippen LogP contribution in [-0.4, -0.2) is 19.4 Å². The fraction of sp³-hybridized carbons (Fsp3) is 0.571. The van der Waals surface area contributed by atoms with E-state index in [1.165, 1.54) is 11.1 Å². The zero-order valence-electron chi connectivity index (χ0n) is 15.9. The van der Waals surface area contributed by atoms with Gasteiger partial charge in [0.15, 0.2) is 12.1 Å². The van der Waals surface area contributed by atoms with Gasteiger partial charge in [0.05, 0.1) is 0 Å². The van der Waals surface area contributed by atoms with E-state index in [-0.39, 0.29) is 5.41 Å². The predicted molar refractivity (Wildman–Crippen MR) is 100 cm³/mol. The molecule has 0 unspecified atom stereocenters. The van der Waals surface area contributed by atoms with E-state index in [0.29, 0.717) is 17.8 Å². The normalized spacial score (nSPS) is 17.6. The zero-order valence-corrected chi connectivity index (χ0v) is 15.9. The molecule has 1 aromatic rings. The van der Waals surface area contributed by atoms with Crippen LogP contribution in [0.25, 0.3) is 5.57 Å². The van der Waals surface area contributed by atoms with E-state index in [0.717, 1.165) is 37.2 Å². The molecule has 1 aromatic carbocycles. The highest BCUT2D eigenvalue weighted by atomic mass is 19.1. The first-order valence-corrected chi connectivity index (χ1v) is 8.98. The molecular weight excluding hydrogens is 301 g/mol. The lowest BCUT2D eigenvalue weighted by molar-refractivity contribution is -0.106. The van der Waals surface area contributed by atoms with Crippen molar-refractivity contribution in [3.05, 3.63) is 34.6 Å². The average molecular weight is 331 g/mol. The summed E-state index contributed by atoms with van der Waals surface area (Å²) < 4.78 is 14.1. The molecule has 1 aliphatic rings. The van der Waals surface area contributed by atoms with Gasteiger partial charge in [0.25, 0.3) is 0 Å². The Morgan fingerprint density at radius 3 is 2.58 bits per heavy atom. The van der Waals surface area contributed by atoms with E-state index >= 15 is 0 Å². The summed E-state index contributed by atoms with van der Waals surface area (Å²) in [7, 11) is 0. The molecule has 0 saturated heterocycles. The molecule has 2 rings (SSSR count). The molecule has 0 bridgehead atoms. The quantitative estimate of drug-likeness (QED) is 0.516. The van der Waals surface area contributed by atoms with E-state index in [9.17, 15) is 9.18 Å². The van der Waals surface area contributed by atoms with E-state index < -0.39 is 5.83 Å². The first-order chi connectivity index (χ1) is 11.2. The number of hydrogen-bond donors (Lipinski definition) is 0. The van der Waals surface area contributed by atoms with Crippen LogP contribution in [0.1, 0.15) is 77.0 Å². The van der Waals surface area contributed by atoms with Crippen LogP contribution in [0.5, 0.6) is 0 Å². The first-order valence-electron chi connectivity index (χ1n) is 8.98. The van der Waals surface area contributed by atoms with Gasteiger partial charge in [-0.05, 0) is 53.9 Å². The minimum atomic E-state index is -0.669. The lowest BCUT2D eigenvalue weighted by Gasteiger charge is -2.42. The van der Waals surface area contributed by atoms with Gasteiger partial charge in [-0.25, -0.2) is 4.39 Å². The Balaban J connectivity index is 2.81. The number of hydrogen-bond acceptors (Lipinski definition) is 2. The molecule has 24 heavy (non-hydrogen) atoms. The highest BCUT2D eigenvalue weighted by molar-refractivity contribution is 5.90. The number of allylic oxidation sites excluding steroid dienone is 2. The molecule has 1 aliphatic heterocycles. The third-order valence-electron chi connectivity index (χ3n) is 5.21. The zero-order chi connectivity index (χ0) is 18.1. The molecule has 1 heterocycles. The van der Waals surface area contributed by atoms with E-state index in [1.54, 1.807) is 6.92 Å². The van der Waals surface area contributed by atoms with Crippen molar-refractivity contribution in [2.45, 2.75) is 65.7 Å². The van der Waals surface area contributed by atoms with Crippen molar-refractivity contribution >= 4 is 17.5 Å². The van der Waals surface area contributed by atoms with Gasteiger partial charge in [-0.15, -0.1) is 0 Å². The largest absolute Gasteiger partial charge is 0.371 e. The Morgan fingerprint density at radius 1 is 1.38 bits per heavy atom.